The number of aryl methyl sites for hydroxylation is 2. The Morgan fingerprint density at radius 3 is 1.85 bits per heavy atom. The van der Waals surface area contributed by atoms with Gasteiger partial charge in [0.1, 0.15) is 43.1 Å². The lowest BCUT2D eigenvalue weighted by Crippen LogP contribution is -2.65. The van der Waals surface area contributed by atoms with Crippen molar-refractivity contribution in [1.29, 1.82) is 0 Å². The molecule has 3 aromatic rings. The number of carbonyl (C=O) groups excluding carboxylic acids is 7. The van der Waals surface area contributed by atoms with E-state index in [-0.39, 0.29) is 58.8 Å². The van der Waals surface area contributed by atoms with Crippen molar-refractivity contribution >= 4 is 51.8 Å². The number of quaternary nitrogens is 1. The number of Topliss-reactive ketones (excluding diaryl/α,β-unsaturated/α-hetero) is 1. The molecule has 19 heteroatoms. The topological polar surface area (TPSA) is 256 Å². The number of rotatable bonds is 24. The van der Waals surface area contributed by atoms with E-state index in [2.05, 4.69) is 21.3 Å². The number of carbonyl (C=O) groups is 7. The molecule has 406 valence electrons. The molecule has 2 aliphatic rings. The van der Waals surface area contributed by atoms with Crippen molar-refractivity contribution in [2.24, 2.45) is 17.3 Å². The van der Waals surface area contributed by atoms with Gasteiger partial charge in [-0.15, -0.1) is 0 Å². The highest BCUT2D eigenvalue weighted by Gasteiger charge is 2.50. The first-order chi connectivity index (χ1) is 34.6. The fourth-order valence-electron chi connectivity index (χ4n) is 8.85. The van der Waals surface area contributed by atoms with E-state index in [0.717, 1.165) is 16.7 Å². The fourth-order valence-corrected chi connectivity index (χ4v) is 8.85. The SMILES string of the molecule is CS(=O)(=O)[O-].Cc1cc(C[N+]2(C(CCc3ccccc3)C(=O)NCC(=O)N[C@@H](CC(C)C)C(=O)N[C@@H](Cc3ccccc3)C(=O)N[C@@H](CC(C)C)C(=O)[C@@]3(C)CO3)CCOCC2)cc(C=O)c1OC(=O)C(C)(C)C. The summed E-state index contributed by atoms with van der Waals surface area (Å²) < 4.78 is 44.5. The first-order valence-electron chi connectivity index (χ1n) is 25.2. The zero-order valence-corrected chi connectivity index (χ0v) is 45.4. The van der Waals surface area contributed by atoms with E-state index in [1.807, 2.05) is 94.4 Å². The molecule has 4 amide bonds. The van der Waals surface area contributed by atoms with E-state index in [9.17, 15) is 33.6 Å². The van der Waals surface area contributed by atoms with Crippen molar-refractivity contribution in [1.82, 2.24) is 21.3 Å². The van der Waals surface area contributed by atoms with Crippen molar-refractivity contribution < 1.29 is 65.2 Å². The lowest BCUT2D eigenvalue weighted by atomic mass is 9.93. The van der Waals surface area contributed by atoms with Crippen LogP contribution in [-0.4, -0.2) is 135 Å². The minimum atomic E-state index is -3.92. The molecule has 0 bridgehead atoms. The molecule has 1 unspecified atom stereocenters. The average Bonchev–Trinajstić information content (AvgIpc) is 4.08. The van der Waals surface area contributed by atoms with E-state index in [0.29, 0.717) is 70.2 Å². The van der Waals surface area contributed by atoms with Gasteiger partial charge in [0.15, 0.2) is 18.1 Å². The minimum Gasteiger partial charge on any atom is -0.748 e. The highest BCUT2D eigenvalue weighted by Crippen LogP contribution is 2.32. The van der Waals surface area contributed by atoms with Gasteiger partial charge < -0.3 is 44.5 Å². The molecule has 18 nitrogen and oxygen atoms in total. The maximum atomic E-state index is 14.7. The van der Waals surface area contributed by atoms with Crippen LogP contribution in [0.1, 0.15) is 107 Å². The third-order valence-corrected chi connectivity index (χ3v) is 12.8. The Kier molecular flexibility index (Phi) is 22.2. The molecule has 5 rings (SSSR count). The second-order valence-electron chi connectivity index (χ2n) is 21.6. The number of aldehydes is 1. The van der Waals surface area contributed by atoms with Crippen molar-refractivity contribution in [3.05, 3.63) is 101 Å². The summed E-state index contributed by atoms with van der Waals surface area (Å²) in [6, 6.07) is 19.0. The number of hydrogen-bond acceptors (Lipinski definition) is 13. The number of esters is 1. The lowest BCUT2D eigenvalue weighted by Gasteiger charge is -2.46. The van der Waals surface area contributed by atoms with E-state index in [1.54, 1.807) is 40.7 Å². The first-order valence-corrected chi connectivity index (χ1v) is 27.0. The summed E-state index contributed by atoms with van der Waals surface area (Å²) in [6.07, 6.45) is 3.04. The van der Waals surface area contributed by atoms with Crippen molar-refractivity contribution in [2.45, 2.75) is 131 Å². The highest BCUT2D eigenvalue weighted by atomic mass is 32.2. The Bertz CT molecular complexity index is 2510. The van der Waals surface area contributed by atoms with Crippen LogP contribution in [0.2, 0.25) is 0 Å². The first kappa shape index (κ1) is 60.7. The Labute approximate surface area is 436 Å². The van der Waals surface area contributed by atoms with Crippen LogP contribution in [0.4, 0.5) is 0 Å². The molecule has 2 aliphatic heterocycles. The molecule has 3 aromatic carbocycles. The Balaban J connectivity index is 0.00000226. The van der Waals surface area contributed by atoms with Gasteiger partial charge in [-0.2, -0.15) is 0 Å². The number of hydrogen-bond donors (Lipinski definition) is 4. The van der Waals surface area contributed by atoms with Crippen molar-refractivity contribution in [2.75, 3.05) is 45.7 Å². The number of ketones is 1. The average molecular weight is 1050 g/mol. The predicted molar refractivity (Wildman–Crippen MR) is 278 cm³/mol. The van der Waals surface area contributed by atoms with Crippen LogP contribution in [0.3, 0.4) is 0 Å². The van der Waals surface area contributed by atoms with Gasteiger partial charge in [0, 0.05) is 24.7 Å². The monoisotopic (exact) mass is 1050 g/mol. The highest BCUT2D eigenvalue weighted by molar-refractivity contribution is 7.84. The Morgan fingerprint density at radius 1 is 0.797 bits per heavy atom. The number of benzene rings is 3. The molecule has 0 aliphatic carbocycles. The van der Waals surface area contributed by atoms with Gasteiger partial charge in [-0.05, 0) is 94.5 Å². The molecule has 0 radical (unpaired) electrons. The smallest absolute Gasteiger partial charge is 0.316 e. The number of nitrogens with one attached hydrogen (secondary N) is 4. The summed E-state index contributed by atoms with van der Waals surface area (Å²) in [5, 5.41) is 11.5. The lowest BCUT2D eigenvalue weighted by molar-refractivity contribution is -0.962. The van der Waals surface area contributed by atoms with Crippen molar-refractivity contribution in [3.8, 4) is 5.75 Å². The molecule has 0 saturated carbocycles. The molecular weight excluding hydrogens is 971 g/mol. The largest absolute Gasteiger partial charge is 0.748 e. The summed E-state index contributed by atoms with van der Waals surface area (Å²) >= 11 is 0. The second-order valence-corrected chi connectivity index (χ2v) is 23.0. The molecule has 0 spiro atoms. The van der Waals surface area contributed by atoms with Gasteiger partial charge in [0.25, 0.3) is 5.91 Å². The van der Waals surface area contributed by atoms with E-state index in [1.165, 1.54) is 0 Å². The van der Waals surface area contributed by atoms with Crippen molar-refractivity contribution in [3.63, 3.8) is 0 Å². The minimum absolute atomic E-state index is 0.0413. The quantitative estimate of drug-likeness (QED) is 0.0241. The van der Waals surface area contributed by atoms with Crippen LogP contribution in [-0.2, 0) is 67.7 Å². The van der Waals surface area contributed by atoms with Gasteiger partial charge in [-0.25, -0.2) is 8.42 Å². The summed E-state index contributed by atoms with van der Waals surface area (Å²) in [7, 11) is -3.92. The maximum Gasteiger partial charge on any atom is 0.316 e. The van der Waals surface area contributed by atoms with Gasteiger partial charge in [0.05, 0.1) is 53.5 Å². The Hall–Kier alpha value is -5.86. The summed E-state index contributed by atoms with van der Waals surface area (Å²) in [5.74, 6) is -2.50. The van der Waals surface area contributed by atoms with Gasteiger partial charge >= 0.3 is 5.97 Å². The molecule has 4 N–H and O–H groups in total. The standard InChI is InChI=1S/C54H73N5O10.CH4O3S/c1-35(2)26-42(48(62)54(9)34-68-54)57-50(64)44(30-39-18-14-11-15-19-39)58-49(63)43(27-36(3)4)56-46(61)31-55-51(65)45(21-20-38-16-12-10-13-17-38)59(22-24-67-25-23-59)32-40-28-37(5)47(41(29-40)33-60)69-52(66)53(6,7)8;1-5(2,3)4/h10-19,28-29,33,35-36,42-45H,20-27,30-32,34H2,1-9H3,(H3-,55,56,57,58,61,63,64,65);1H3,(H,2,3,4)/t42-,43-,44-,45?,54+;/m0./s1. The van der Waals surface area contributed by atoms with Crippen LogP contribution in [0.5, 0.6) is 5.75 Å². The van der Waals surface area contributed by atoms with Crippen LogP contribution in [0, 0.1) is 24.2 Å². The van der Waals surface area contributed by atoms with Gasteiger partial charge in [-0.1, -0.05) is 88.4 Å². The normalized spacial score (nSPS) is 17.8. The molecule has 0 aromatic heterocycles. The van der Waals surface area contributed by atoms with Crippen LogP contribution < -0.4 is 26.0 Å². The Morgan fingerprint density at radius 2 is 1.32 bits per heavy atom. The number of nitrogens with zero attached hydrogens (tertiary/aromatic N) is 1. The number of amides is 4. The molecule has 2 fully saturated rings. The summed E-state index contributed by atoms with van der Waals surface area (Å²) in [5.41, 5.74) is 1.69. The molecular formula is C55H77N5O13S. The fraction of sp³-hybridized carbons (Fsp3) is 0.545. The number of ether oxygens (including phenoxy) is 3. The van der Waals surface area contributed by atoms with Gasteiger partial charge in [0.2, 0.25) is 17.7 Å². The van der Waals surface area contributed by atoms with E-state index >= 15 is 0 Å². The zero-order chi connectivity index (χ0) is 55.0. The van der Waals surface area contributed by atoms with Crippen LogP contribution in [0.25, 0.3) is 0 Å². The second kappa shape index (κ2) is 27.1. The third-order valence-electron chi connectivity index (χ3n) is 12.8. The van der Waals surface area contributed by atoms with Gasteiger partial charge in [-0.3, -0.25) is 33.6 Å². The van der Waals surface area contributed by atoms with E-state index < -0.39 is 75.5 Å². The number of epoxide rings is 1. The third kappa shape index (κ3) is 19.4. The maximum absolute atomic E-state index is 14.7. The summed E-state index contributed by atoms with van der Waals surface area (Å²) in [4.78, 5) is 95.6. The van der Waals surface area contributed by atoms with Crippen LogP contribution >= 0.6 is 0 Å². The number of morpholine rings is 1. The van der Waals surface area contributed by atoms with Crippen LogP contribution in [0.15, 0.2) is 72.8 Å². The summed E-state index contributed by atoms with van der Waals surface area (Å²) in [6.45, 7) is 18.4. The molecule has 2 saturated heterocycles. The molecule has 2 heterocycles. The van der Waals surface area contributed by atoms with E-state index in [4.69, 9.17) is 27.2 Å². The predicted octanol–water partition coefficient (Wildman–Crippen LogP) is 4.53. The molecule has 74 heavy (non-hydrogen) atoms. The molecule has 5 atom stereocenters. The zero-order valence-electron chi connectivity index (χ0n) is 44.6.